The van der Waals surface area contributed by atoms with E-state index in [9.17, 15) is 17.6 Å². The van der Waals surface area contributed by atoms with Crippen LogP contribution in [-0.4, -0.2) is 31.7 Å². The monoisotopic (exact) mass is 366 g/mol. The molecule has 0 spiro atoms. The molecule has 0 atom stereocenters. The van der Waals surface area contributed by atoms with Crippen LogP contribution in [0, 0.1) is 5.82 Å². The number of halogens is 2. The molecule has 1 amide bonds. The molecule has 0 saturated heterocycles. The van der Waals surface area contributed by atoms with Gasteiger partial charge in [-0.05, 0) is 24.6 Å². The van der Waals surface area contributed by atoms with Gasteiger partial charge in [-0.2, -0.15) is 4.31 Å². The molecule has 0 bridgehead atoms. The summed E-state index contributed by atoms with van der Waals surface area (Å²) in [6.07, 6.45) is 1.30. The van der Waals surface area contributed by atoms with Crippen LogP contribution in [-0.2, 0) is 14.8 Å². The third-order valence-electron chi connectivity index (χ3n) is 2.61. The van der Waals surface area contributed by atoms with Gasteiger partial charge in [-0.15, -0.1) is 0 Å². The van der Waals surface area contributed by atoms with E-state index in [4.69, 9.17) is 5.73 Å². The summed E-state index contributed by atoms with van der Waals surface area (Å²) in [6, 6.07) is 3.65. The van der Waals surface area contributed by atoms with Gasteiger partial charge in [0.15, 0.2) is 0 Å². The molecule has 0 heterocycles. The summed E-state index contributed by atoms with van der Waals surface area (Å²) in [4.78, 5) is 10.5. The van der Waals surface area contributed by atoms with Gasteiger partial charge in [0.25, 0.3) is 0 Å². The van der Waals surface area contributed by atoms with E-state index in [0.29, 0.717) is 10.9 Å². The quantitative estimate of drug-likeness (QED) is 0.799. The maximum absolute atomic E-state index is 13.8. The molecule has 0 saturated carbocycles. The number of carbonyl (C=O) groups is 1. The fraction of sp³-hybridized carbons (Fsp3) is 0.417. The number of nitrogens with two attached hydrogens (primary N) is 1. The molecule has 8 heteroatoms. The molecular weight excluding hydrogens is 351 g/mol. The predicted octanol–water partition coefficient (Wildman–Crippen LogP) is 1.86. The second-order valence-corrected chi connectivity index (χ2v) is 7.06. The maximum Gasteiger partial charge on any atom is 0.246 e. The molecule has 0 unspecified atom stereocenters. The van der Waals surface area contributed by atoms with Gasteiger partial charge in [0.1, 0.15) is 10.7 Å². The van der Waals surface area contributed by atoms with Gasteiger partial charge < -0.3 is 5.73 Å². The lowest BCUT2D eigenvalue weighted by Crippen LogP contribution is -2.39. The van der Waals surface area contributed by atoms with Crippen molar-refractivity contribution >= 4 is 31.9 Å². The lowest BCUT2D eigenvalue weighted by Gasteiger charge is -2.20. The van der Waals surface area contributed by atoms with Crippen LogP contribution >= 0.6 is 15.9 Å². The summed E-state index contributed by atoms with van der Waals surface area (Å²) in [7, 11) is -4.08. The van der Waals surface area contributed by atoms with Crippen molar-refractivity contribution in [3.63, 3.8) is 0 Å². The molecule has 112 valence electrons. The average Bonchev–Trinajstić information content (AvgIpc) is 2.33. The average molecular weight is 367 g/mol. The first kappa shape index (κ1) is 17.1. The van der Waals surface area contributed by atoms with Crippen LogP contribution in [0.15, 0.2) is 27.6 Å². The van der Waals surface area contributed by atoms with E-state index >= 15 is 0 Å². The fourth-order valence-corrected chi connectivity index (χ4v) is 3.44. The van der Waals surface area contributed by atoms with Crippen molar-refractivity contribution in [3.05, 3.63) is 28.5 Å². The van der Waals surface area contributed by atoms with Crippen LogP contribution in [0.4, 0.5) is 4.39 Å². The Morgan fingerprint density at radius 2 is 2.10 bits per heavy atom. The van der Waals surface area contributed by atoms with Gasteiger partial charge in [0.2, 0.25) is 15.9 Å². The second kappa shape index (κ2) is 7.14. The Morgan fingerprint density at radius 1 is 1.45 bits per heavy atom. The molecule has 2 N–H and O–H groups in total. The molecule has 0 radical (unpaired) electrons. The van der Waals surface area contributed by atoms with E-state index in [1.807, 2.05) is 6.92 Å². The smallest absolute Gasteiger partial charge is 0.246 e. The third-order valence-corrected chi connectivity index (χ3v) is 4.98. The van der Waals surface area contributed by atoms with Crippen molar-refractivity contribution in [2.45, 2.75) is 24.7 Å². The minimum Gasteiger partial charge on any atom is -0.369 e. The van der Waals surface area contributed by atoms with Crippen molar-refractivity contribution in [2.75, 3.05) is 13.1 Å². The number of sulfonamides is 1. The molecule has 0 fully saturated rings. The molecule has 1 aromatic carbocycles. The third kappa shape index (κ3) is 4.26. The summed E-state index contributed by atoms with van der Waals surface area (Å²) < 4.78 is 39.9. The van der Waals surface area contributed by atoms with Crippen LogP contribution in [0.3, 0.4) is 0 Å². The molecule has 1 aromatic rings. The Labute approximate surface area is 126 Å². The van der Waals surface area contributed by atoms with E-state index in [1.54, 1.807) is 0 Å². The Morgan fingerprint density at radius 3 is 2.60 bits per heavy atom. The number of primary amides is 1. The van der Waals surface area contributed by atoms with E-state index in [-0.39, 0.29) is 6.54 Å². The number of amides is 1. The summed E-state index contributed by atoms with van der Waals surface area (Å²) >= 11 is 3.06. The number of unbranched alkanes of at least 4 members (excludes halogenated alkanes) is 1. The van der Waals surface area contributed by atoms with Crippen LogP contribution in [0.2, 0.25) is 0 Å². The Kier molecular flexibility index (Phi) is 6.09. The van der Waals surface area contributed by atoms with Gasteiger partial charge >= 0.3 is 0 Å². The highest BCUT2D eigenvalue weighted by atomic mass is 79.9. The summed E-state index contributed by atoms with van der Waals surface area (Å²) in [5, 5.41) is 0. The molecule has 0 aliphatic heterocycles. The van der Waals surface area contributed by atoms with E-state index in [2.05, 4.69) is 15.9 Å². The van der Waals surface area contributed by atoms with Crippen molar-refractivity contribution < 1.29 is 17.6 Å². The molecule has 0 aliphatic carbocycles. The number of hydrogen-bond acceptors (Lipinski definition) is 3. The van der Waals surface area contributed by atoms with Crippen LogP contribution in [0.25, 0.3) is 0 Å². The lowest BCUT2D eigenvalue weighted by molar-refractivity contribution is -0.118. The number of hydrogen-bond donors (Lipinski definition) is 1. The maximum atomic E-state index is 13.8. The molecule has 0 aliphatic rings. The predicted molar refractivity (Wildman–Crippen MR) is 77.0 cm³/mol. The minimum absolute atomic E-state index is 0.122. The molecule has 1 rings (SSSR count). The minimum atomic E-state index is -4.08. The normalized spacial score (nSPS) is 11.8. The zero-order valence-electron chi connectivity index (χ0n) is 11.0. The van der Waals surface area contributed by atoms with Crippen LogP contribution in [0.5, 0.6) is 0 Å². The van der Waals surface area contributed by atoms with E-state index < -0.39 is 33.2 Å². The Hall–Kier alpha value is -0.990. The van der Waals surface area contributed by atoms with Gasteiger partial charge in [0, 0.05) is 11.0 Å². The summed E-state index contributed by atoms with van der Waals surface area (Å²) in [5.74, 6) is -1.65. The van der Waals surface area contributed by atoms with E-state index in [0.717, 1.165) is 22.9 Å². The zero-order chi connectivity index (χ0) is 15.3. The second-order valence-electron chi connectivity index (χ2n) is 4.23. The summed E-state index contributed by atoms with van der Waals surface area (Å²) in [6.45, 7) is 1.55. The number of nitrogens with zero attached hydrogens (tertiary/aromatic N) is 1. The van der Waals surface area contributed by atoms with Crippen LogP contribution in [0.1, 0.15) is 19.8 Å². The SMILES string of the molecule is CCCCN(CC(N)=O)S(=O)(=O)c1ccc(Br)cc1F. The highest BCUT2D eigenvalue weighted by Crippen LogP contribution is 2.22. The first-order valence-electron chi connectivity index (χ1n) is 6.02. The fourth-order valence-electron chi connectivity index (χ4n) is 1.62. The standard InChI is InChI=1S/C12H16BrFN2O3S/c1-2-3-6-16(8-12(15)17)20(18,19)11-5-4-9(13)7-10(11)14/h4-5,7H,2-3,6,8H2,1H3,(H2,15,17). The topological polar surface area (TPSA) is 80.5 Å². The summed E-state index contributed by atoms with van der Waals surface area (Å²) in [5.41, 5.74) is 5.06. The first-order chi connectivity index (χ1) is 9.28. The highest BCUT2D eigenvalue weighted by Gasteiger charge is 2.28. The number of benzene rings is 1. The molecule has 5 nitrogen and oxygen atoms in total. The van der Waals surface area contributed by atoms with Gasteiger partial charge in [-0.1, -0.05) is 29.3 Å². The molecule has 20 heavy (non-hydrogen) atoms. The van der Waals surface area contributed by atoms with Crippen molar-refractivity contribution in [1.82, 2.24) is 4.31 Å². The van der Waals surface area contributed by atoms with Crippen molar-refractivity contribution in [2.24, 2.45) is 5.73 Å². The van der Waals surface area contributed by atoms with Gasteiger partial charge in [-0.25, -0.2) is 12.8 Å². The lowest BCUT2D eigenvalue weighted by atomic mass is 10.3. The first-order valence-corrected chi connectivity index (χ1v) is 8.26. The van der Waals surface area contributed by atoms with Gasteiger partial charge in [0.05, 0.1) is 6.54 Å². The van der Waals surface area contributed by atoms with Crippen LogP contribution < -0.4 is 5.73 Å². The van der Waals surface area contributed by atoms with Crippen molar-refractivity contribution in [1.29, 1.82) is 0 Å². The van der Waals surface area contributed by atoms with Gasteiger partial charge in [-0.3, -0.25) is 4.79 Å². The largest absolute Gasteiger partial charge is 0.369 e. The highest BCUT2D eigenvalue weighted by molar-refractivity contribution is 9.10. The number of rotatable bonds is 7. The number of carbonyl (C=O) groups excluding carboxylic acids is 1. The Balaban J connectivity index is 3.17. The molecular formula is C12H16BrFN2O3S. The zero-order valence-corrected chi connectivity index (χ0v) is 13.4. The van der Waals surface area contributed by atoms with Crippen molar-refractivity contribution in [3.8, 4) is 0 Å². The van der Waals surface area contributed by atoms with E-state index in [1.165, 1.54) is 6.07 Å². The Bertz CT molecular complexity index is 592. The molecule has 0 aromatic heterocycles.